The maximum absolute atomic E-state index is 11.9. The third kappa shape index (κ3) is 4.73. The molecule has 1 aliphatic rings. The van der Waals surface area contributed by atoms with E-state index in [2.05, 4.69) is 26.5 Å². The van der Waals surface area contributed by atoms with Gasteiger partial charge in [0.25, 0.3) is 5.91 Å². The van der Waals surface area contributed by atoms with Crippen LogP contribution in [-0.4, -0.2) is 31.4 Å². The molecular weight excluding hydrogens is 388 g/mol. The molecule has 3 rings (SSSR count). The molecule has 1 aliphatic heterocycles. The van der Waals surface area contributed by atoms with Crippen molar-refractivity contribution in [3.8, 4) is 17.2 Å². The number of hydrazone groups is 1. The van der Waals surface area contributed by atoms with Crippen LogP contribution in [0.4, 0.5) is 0 Å². The number of ether oxygens (including phenoxy) is 3. The van der Waals surface area contributed by atoms with E-state index < -0.39 is 0 Å². The van der Waals surface area contributed by atoms with Gasteiger partial charge in [0.05, 0.1) is 5.71 Å². The lowest BCUT2D eigenvalue weighted by Gasteiger charge is -2.18. The molecule has 2 aromatic carbocycles. The zero-order valence-electron chi connectivity index (χ0n) is 13.6. The van der Waals surface area contributed by atoms with Gasteiger partial charge >= 0.3 is 0 Å². The summed E-state index contributed by atoms with van der Waals surface area (Å²) in [5.74, 6) is 1.67. The average molecular weight is 405 g/mol. The monoisotopic (exact) mass is 404 g/mol. The van der Waals surface area contributed by atoms with Crippen LogP contribution < -0.4 is 19.6 Å². The first-order valence-electron chi connectivity index (χ1n) is 7.73. The lowest BCUT2D eigenvalue weighted by molar-refractivity contribution is -0.123. The number of halogens is 1. The highest BCUT2D eigenvalue weighted by atomic mass is 79.9. The summed E-state index contributed by atoms with van der Waals surface area (Å²) in [7, 11) is 0. The van der Waals surface area contributed by atoms with Crippen molar-refractivity contribution in [2.45, 2.75) is 6.92 Å². The van der Waals surface area contributed by atoms with Gasteiger partial charge in [0.15, 0.2) is 18.1 Å². The summed E-state index contributed by atoms with van der Waals surface area (Å²) in [6, 6.07) is 12.8. The SMILES string of the molecule is C/C(=N/NC(=O)COc1cccc(Br)c1)c1ccc2c(c1)OCCO2. The molecule has 1 amide bonds. The van der Waals surface area contributed by atoms with Crippen molar-refractivity contribution in [3.05, 3.63) is 52.5 Å². The molecule has 7 heteroatoms. The van der Waals surface area contributed by atoms with Gasteiger partial charge in [-0.25, -0.2) is 5.43 Å². The van der Waals surface area contributed by atoms with Crippen molar-refractivity contribution in [3.63, 3.8) is 0 Å². The zero-order valence-corrected chi connectivity index (χ0v) is 15.2. The van der Waals surface area contributed by atoms with Crippen LogP contribution in [0.2, 0.25) is 0 Å². The number of nitrogens with zero attached hydrogens (tertiary/aromatic N) is 1. The summed E-state index contributed by atoms with van der Waals surface area (Å²) in [4.78, 5) is 11.9. The lowest BCUT2D eigenvalue weighted by atomic mass is 10.1. The van der Waals surface area contributed by atoms with E-state index in [1.165, 1.54) is 0 Å². The number of rotatable bonds is 5. The molecule has 1 heterocycles. The highest BCUT2D eigenvalue weighted by molar-refractivity contribution is 9.10. The minimum absolute atomic E-state index is 0.117. The first-order valence-corrected chi connectivity index (χ1v) is 8.52. The molecule has 0 aliphatic carbocycles. The Morgan fingerprint density at radius 1 is 1.20 bits per heavy atom. The molecule has 0 aromatic heterocycles. The van der Waals surface area contributed by atoms with Gasteiger partial charge in [0.2, 0.25) is 0 Å². The van der Waals surface area contributed by atoms with E-state index in [1.807, 2.05) is 30.3 Å². The van der Waals surface area contributed by atoms with E-state index >= 15 is 0 Å². The maximum Gasteiger partial charge on any atom is 0.277 e. The van der Waals surface area contributed by atoms with Gasteiger partial charge in [-0.15, -0.1) is 0 Å². The number of hydrogen-bond donors (Lipinski definition) is 1. The second-order valence-corrected chi connectivity index (χ2v) is 6.25. The Morgan fingerprint density at radius 3 is 2.80 bits per heavy atom. The minimum Gasteiger partial charge on any atom is -0.486 e. The van der Waals surface area contributed by atoms with E-state index in [1.54, 1.807) is 19.1 Å². The Balaban J connectivity index is 1.56. The molecule has 2 aromatic rings. The molecule has 0 radical (unpaired) electrons. The summed E-state index contributed by atoms with van der Waals surface area (Å²) < 4.78 is 17.3. The Hall–Kier alpha value is -2.54. The molecule has 6 nitrogen and oxygen atoms in total. The summed E-state index contributed by atoms with van der Waals surface area (Å²) in [6.07, 6.45) is 0. The molecule has 25 heavy (non-hydrogen) atoms. The van der Waals surface area contributed by atoms with Crippen LogP contribution >= 0.6 is 15.9 Å². The van der Waals surface area contributed by atoms with Gasteiger partial charge in [0, 0.05) is 10.0 Å². The molecule has 0 atom stereocenters. The number of fused-ring (bicyclic) bond motifs is 1. The number of benzene rings is 2. The standard InChI is InChI=1S/C18H17BrN2O4/c1-12(13-5-6-16-17(9-13)24-8-7-23-16)20-21-18(22)11-25-15-4-2-3-14(19)10-15/h2-6,9-10H,7-8,11H2,1H3,(H,21,22)/b20-12-. The zero-order chi connectivity index (χ0) is 17.6. The van der Waals surface area contributed by atoms with Crippen molar-refractivity contribution in [1.82, 2.24) is 5.43 Å². The number of carbonyl (C=O) groups excluding carboxylic acids is 1. The fraction of sp³-hybridized carbons (Fsp3) is 0.222. The molecule has 0 bridgehead atoms. The highest BCUT2D eigenvalue weighted by Gasteiger charge is 2.12. The van der Waals surface area contributed by atoms with Gasteiger partial charge < -0.3 is 14.2 Å². The second kappa shape index (κ2) is 8.02. The van der Waals surface area contributed by atoms with Crippen molar-refractivity contribution in [1.29, 1.82) is 0 Å². The van der Waals surface area contributed by atoms with Crippen LogP contribution in [0.1, 0.15) is 12.5 Å². The molecule has 0 unspecified atom stereocenters. The first kappa shape index (κ1) is 17.3. The fourth-order valence-corrected chi connectivity index (χ4v) is 2.60. The smallest absolute Gasteiger partial charge is 0.277 e. The summed E-state index contributed by atoms with van der Waals surface area (Å²) in [5, 5.41) is 4.10. The molecule has 1 N–H and O–H groups in total. The van der Waals surface area contributed by atoms with Crippen LogP contribution in [-0.2, 0) is 4.79 Å². The predicted octanol–water partition coefficient (Wildman–Crippen LogP) is 3.14. The lowest BCUT2D eigenvalue weighted by Crippen LogP contribution is -2.25. The van der Waals surface area contributed by atoms with E-state index in [4.69, 9.17) is 14.2 Å². The van der Waals surface area contributed by atoms with Crippen molar-refractivity contribution in [2.75, 3.05) is 19.8 Å². The van der Waals surface area contributed by atoms with Crippen molar-refractivity contribution >= 4 is 27.5 Å². The Kier molecular flexibility index (Phi) is 5.55. The molecule has 130 valence electrons. The van der Waals surface area contributed by atoms with Crippen LogP contribution in [0, 0.1) is 0 Å². The van der Waals surface area contributed by atoms with Crippen molar-refractivity contribution < 1.29 is 19.0 Å². The first-order chi connectivity index (χ1) is 12.1. The van der Waals surface area contributed by atoms with E-state index in [0.717, 1.165) is 10.0 Å². The maximum atomic E-state index is 11.9. The average Bonchev–Trinajstić information content (AvgIpc) is 2.64. The molecule has 0 saturated heterocycles. The molecule has 0 fully saturated rings. The van der Waals surface area contributed by atoms with Gasteiger partial charge in [-0.05, 0) is 43.3 Å². The number of carbonyl (C=O) groups is 1. The predicted molar refractivity (Wildman–Crippen MR) is 97.4 cm³/mol. The molecule has 0 spiro atoms. The van der Waals surface area contributed by atoms with Crippen LogP contribution in [0.15, 0.2) is 52.0 Å². The van der Waals surface area contributed by atoms with Crippen molar-refractivity contribution in [2.24, 2.45) is 5.10 Å². The van der Waals surface area contributed by atoms with Gasteiger partial charge in [-0.3, -0.25) is 4.79 Å². The normalized spacial score (nSPS) is 13.3. The quantitative estimate of drug-likeness (QED) is 0.613. The van der Waals surface area contributed by atoms with E-state index in [-0.39, 0.29) is 12.5 Å². The fourth-order valence-electron chi connectivity index (χ4n) is 2.22. The number of hydrogen-bond acceptors (Lipinski definition) is 5. The highest BCUT2D eigenvalue weighted by Crippen LogP contribution is 2.30. The van der Waals surface area contributed by atoms with E-state index in [9.17, 15) is 4.79 Å². The number of nitrogens with one attached hydrogen (secondary N) is 1. The van der Waals surface area contributed by atoms with E-state index in [0.29, 0.717) is 36.2 Å². The second-order valence-electron chi connectivity index (χ2n) is 5.34. The molecule has 0 saturated carbocycles. The summed E-state index contributed by atoms with van der Waals surface area (Å²) >= 11 is 3.35. The van der Waals surface area contributed by atoms with Crippen LogP contribution in [0.3, 0.4) is 0 Å². The minimum atomic E-state index is -0.336. The largest absolute Gasteiger partial charge is 0.486 e. The third-order valence-corrected chi connectivity index (χ3v) is 3.97. The number of amides is 1. The van der Waals surface area contributed by atoms with Gasteiger partial charge in [-0.2, -0.15) is 5.10 Å². The topological polar surface area (TPSA) is 69.2 Å². The third-order valence-electron chi connectivity index (χ3n) is 3.47. The van der Waals surface area contributed by atoms with Gasteiger partial charge in [-0.1, -0.05) is 22.0 Å². The van der Waals surface area contributed by atoms with Gasteiger partial charge in [0.1, 0.15) is 19.0 Å². The Labute approximate surface area is 153 Å². The van der Waals surface area contributed by atoms with Crippen LogP contribution in [0.5, 0.6) is 17.2 Å². The Bertz CT molecular complexity index is 807. The summed E-state index contributed by atoms with van der Waals surface area (Å²) in [5.41, 5.74) is 3.99. The molecular formula is C18H17BrN2O4. The summed E-state index contributed by atoms with van der Waals surface area (Å²) in [6.45, 7) is 2.76. The van der Waals surface area contributed by atoms with Crippen LogP contribution in [0.25, 0.3) is 0 Å². The Morgan fingerprint density at radius 2 is 2.00 bits per heavy atom.